The molecule has 0 bridgehead atoms. The van der Waals surface area contributed by atoms with Crippen LogP contribution in [-0.2, 0) is 16.0 Å². The molecular weight excluding hydrogens is 235 g/mol. The van der Waals surface area contributed by atoms with Gasteiger partial charge in [0.15, 0.2) is 5.78 Å². The summed E-state index contributed by atoms with van der Waals surface area (Å²) >= 11 is 11.9. The Labute approximate surface area is 99.1 Å². The second-order valence-corrected chi connectivity index (χ2v) is 3.99. The minimum atomic E-state index is 0.0495. The summed E-state index contributed by atoms with van der Waals surface area (Å²) in [6.07, 6.45) is 0.956. The Morgan fingerprint density at radius 3 is 2.47 bits per heavy atom. The SMILES string of the molecule is COCC(=O)CCc1c(Cl)cccc1Cl. The quantitative estimate of drug-likeness (QED) is 0.798. The van der Waals surface area contributed by atoms with Crippen LogP contribution in [0, 0.1) is 0 Å². The molecule has 1 aromatic rings. The lowest BCUT2D eigenvalue weighted by Crippen LogP contribution is -2.07. The second kappa shape index (κ2) is 6.11. The van der Waals surface area contributed by atoms with Crippen molar-refractivity contribution in [2.45, 2.75) is 12.8 Å². The third-order valence-corrected chi connectivity index (χ3v) is 2.73. The Bertz CT molecular complexity index is 330. The first kappa shape index (κ1) is 12.5. The summed E-state index contributed by atoms with van der Waals surface area (Å²) in [5.41, 5.74) is 0.824. The van der Waals surface area contributed by atoms with Gasteiger partial charge in [0.1, 0.15) is 6.61 Å². The lowest BCUT2D eigenvalue weighted by atomic mass is 10.1. The van der Waals surface area contributed by atoms with Gasteiger partial charge in [-0.05, 0) is 24.1 Å². The van der Waals surface area contributed by atoms with Crippen LogP contribution < -0.4 is 0 Å². The number of Topliss-reactive ketones (excluding diaryl/α,β-unsaturated/α-hetero) is 1. The highest BCUT2D eigenvalue weighted by atomic mass is 35.5. The number of rotatable bonds is 5. The summed E-state index contributed by atoms with van der Waals surface area (Å²) < 4.78 is 4.74. The van der Waals surface area contributed by atoms with Gasteiger partial charge in [-0.1, -0.05) is 29.3 Å². The van der Waals surface area contributed by atoms with Gasteiger partial charge in [0.2, 0.25) is 0 Å². The van der Waals surface area contributed by atoms with Crippen LogP contribution in [0.5, 0.6) is 0 Å². The fourth-order valence-electron chi connectivity index (χ4n) is 1.27. The number of halogens is 2. The molecule has 4 heteroatoms. The van der Waals surface area contributed by atoms with Crippen LogP contribution in [0.15, 0.2) is 18.2 Å². The molecule has 0 aromatic heterocycles. The molecule has 0 saturated carbocycles. The van der Waals surface area contributed by atoms with Gasteiger partial charge in [-0.15, -0.1) is 0 Å². The summed E-state index contributed by atoms with van der Waals surface area (Å²) in [7, 11) is 1.50. The predicted octanol–water partition coefficient (Wildman–Crippen LogP) is 3.14. The molecule has 2 nitrogen and oxygen atoms in total. The van der Waals surface area contributed by atoms with E-state index in [0.29, 0.717) is 22.9 Å². The van der Waals surface area contributed by atoms with E-state index in [9.17, 15) is 4.79 Å². The largest absolute Gasteiger partial charge is 0.377 e. The van der Waals surface area contributed by atoms with Gasteiger partial charge in [0.25, 0.3) is 0 Å². The predicted molar refractivity (Wildman–Crippen MR) is 61.7 cm³/mol. The lowest BCUT2D eigenvalue weighted by molar-refractivity contribution is -0.122. The van der Waals surface area contributed by atoms with E-state index < -0.39 is 0 Å². The first-order chi connectivity index (χ1) is 7.15. The zero-order valence-electron chi connectivity index (χ0n) is 8.43. The molecule has 0 spiro atoms. The van der Waals surface area contributed by atoms with Crippen LogP contribution in [0.3, 0.4) is 0 Å². The van der Waals surface area contributed by atoms with Crippen molar-refractivity contribution in [2.75, 3.05) is 13.7 Å². The molecule has 0 radical (unpaired) electrons. The highest BCUT2D eigenvalue weighted by Crippen LogP contribution is 2.25. The summed E-state index contributed by atoms with van der Waals surface area (Å²) in [6, 6.07) is 5.32. The highest BCUT2D eigenvalue weighted by molar-refractivity contribution is 6.36. The van der Waals surface area contributed by atoms with Gasteiger partial charge >= 0.3 is 0 Å². The maximum atomic E-state index is 11.2. The first-order valence-corrected chi connectivity index (χ1v) is 5.34. The van der Waals surface area contributed by atoms with Crippen LogP contribution in [0.2, 0.25) is 10.0 Å². The molecule has 0 unspecified atom stereocenters. The number of hydrogen-bond donors (Lipinski definition) is 0. The van der Waals surface area contributed by atoms with Crippen molar-refractivity contribution < 1.29 is 9.53 Å². The molecule has 0 atom stereocenters. The number of methoxy groups -OCH3 is 1. The van der Waals surface area contributed by atoms with Gasteiger partial charge in [0.05, 0.1) is 0 Å². The lowest BCUT2D eigenvalue weighted by Gasteiger charge is -2.05. The van der Waals surface area contributed by atoms with Gasteiger partial charge < -0.3 is 4.74 Å². The fourth-order valence-corrected chi connectivity index (χ4v) is 1.86. The molecule has 0 fully saturated rings. The number of ether oxygens (including phenoxy) is 1. The molecule has 0 aliphatic heterocycles. The summed E-state index contributed by atoms with van der Waals surface area (Å²) in [6.45, 7) is 0.141. The van der Waals surface area contributed by atoms with Crippen LogP contribution in [0.1, 0.15) is 12.0 Å². The summed E-state index contributed by atoms with van der Waals surface area (Å²) in [5, 5.41) is 1.21. The molecule has 0 N–H and O–H groups in total. The zero-order valence-corrected chi connectivity index (χ0v) is 9.94. The molecule has 0 heterocycles. The summed E-state index contributed by atoms with van der Waals surface area (Å²) in [4.78, 5) is 11.2. The average Bonchev–Trinajstić information content (AvgIpc) is 2.17. The molecule has 82 valence electrons. The Hall–Kier alpha value is -0.570. The Morgan fingerprint density at radius 2 is 1.93 bits per heavy atom. The van der Waals surface area contributed by atoms with Crippen molar-refractivity contribution in [3.05, 3.63) is 33.8 Å². The Balaban J connectivity index is 2.61. The summed E-state index contributed by atoms with van der Waals surface area (Å²) in [5.74, 6) is 0.0495. The highest BCUT2D eigenvalue weighted by Gasteiger charge is 2.08. The van der Waals surface area contributed by atoms with Crippen molar-refractivity contribution in [1.29, 1.82) is 0 Å². The van der Waals surface area contributed by atoms with Crippen molar-refractivity contribution in [3.8, 4) is 0 Å². The normalized spacial score (nSPS) is 10.3. The number of hydrogen-bond acceptors (Lipinski definition) is 2. The molecule has 1 rings (SSSR count). The zero-order chi connectivity index (χ0) is 11.3. The van der Waals surface area contributed by atoms with E-state index in [1.807, 2.05) is 0 Å². The van der Waals surface area contributed by atoms with E-state index >= 15 is 0 Å². The second-order valence-electron chi connectivity index (χ2n) is 3.17. The molecule has 1 aromatic carbocycles. The topological polar surface area (TPSA) is 26.3 Å². The van der Waals surface area contributed by atoms with Crippen molar-refractivity contribution in [1.82, 2.24) is 0 Å². The smallest absolute Gasteiger partial charge is 0.158 e. The maximum absolute atomic E-state index is 11.2. The standard InChI is InChI=1S/C11H12Cl2O2/c1-15-7-8(14)5-6-9-10(12)3-2-4-11(9)13/h2-4H,5-7H2,1H3. The Kier molecular flexibility index (Phi) is 5.09. The van der Waals surface area contributed by atoms with E-state index in [-0.39, 0.29) is 12.4 Å². The average molecular weight is 247 g/mol. The number of ketones is 1. The minimum absolute atomic E-state index is 0.0495. The van der Waals surface area contributed by atoms with E-state index in [4.69, 9.17) is 27.9 Å². The third-order valence-electron chi connectivity index (χ3n) is 2.02. The van der Waals surface area contributed by atoms with E-state index in [1.165, 1.54) is 7.11 Å². The van der Waals surface area contributed by atoms with Gasteiger partial charge in [-0.2, -0.15) is 0 Å². The molecule has 0 aliphatic rings. The fraction of sp³-hybridized carbons (Fsp3) is 0.364. The van der Waals surface area contributed by atoms with E-state index in [2.05, 4.69) is 0 Å². The molecule has 0 aliphatic carbocycles. The van der Waals surface area contributed by atoms with E-state index in [0.717, 1.165) is 5.56 Å². The van der Waals surface area contributed by atoms with Gasteiger partial charge in [-0.25, -0.2) is 0 Å². The van der Waals surface area contributed by atoms with Crippen molar-refractivity contribution >= 4 is 29.0 Å². The van der Waals surface area contributed by atoms with E-state index in [1.54, 1.807) is 18.2 Å². The molecule has 0 saturated heterocycles. The third kappa shape index (κ3) is 3.82. The Morgan fingerprint density at radius 1 is 1.33 bits per heavy atom. The molecular formula is C11H12Cl2O2. The van der Waals surface area contributed by atoms with Crippen LogP contribution >= 0.6 is 23.2 Å². The molecule has 15 heavy (non-hydrogen) atoms. The monoisotopic (exact) mass is 246 g/mol. The number of benzene rings is 1. The molecule has 0 amide bonds. The van der Waals surface area contributed by atoms with Crippen molar-refractivity contribution in [3.63, 3.8) is 0 Å². The van der Waals surface area contributed by atoms with Crippen molar-refractivity contribution in [2.24, 2.45) is 0 Å². The number of carbonyl (C=O) groups excluding carboxylic acids is 1. The number of carbonyl (C=O) groups is 1. The van der Waals surface area contributed by atoms with Gasteiger partial charge in [0, 0.05) is 23.6 Å². The van der Waals surface area contributed by atoms with Crippen LogP contribution in [-0.4, -0.2) is 19.5 Å². The first-order valence-electron chi connectivity index (χ1n) is 4.58. The maximum Gasteiger partial charge on any atom is 0.158 e. The minimum Gasteiger partial charge on any atom is -0.377 e. The van der Waals surface area contributed by atoms with Crippen LogP contribution in [0.25, 0.3) is 0 Å². The van der Waals surface area contributed by atoms with Crippen LogP contribution in [0.4, 0.5) is 0 Å². The van der Waals surface area contributed by atoms with Gasteiger partial charge in [-0.3, -0.25) is 4.79 Å².